The lowest BCUT2D eigenvalue weighted by Gasteiger charge is -2.47. The minimum absolute atomic E-state index is 0.469. The summed E-state index contributed by atoms with van der Waals surface area (Å²) in [6.07, 6.45) is 3.91. The molecule has 1 aliphatic rings. The summed E-state index contributed by atoms with van der Waals surface area (Å²) in [5, 5.41) is 3.70. The Hall–Kier alpha value is -0.120. The zero-order chi connectivity index (χ0) is 14.5. The fraction of sp³-hybridized carbons (Fsp3) is 1.00. The molecule has 1 N–H and O–H groups in total. The number of ether oxygens (including phenoxy) is 1. The molecule has 3 nitrogen and oxygen atoms in total. The highest BCUT2D eigenvalue weighted by molar-refractivity contribution is 4.95. The van der Waals surface area contributed by atoms with Crippen molar-refractivity contribution in [1.82, 2.24) is 10.2 Å². The molecule has 0 bridgehead atoms. The molecule has 2 unspecified atom stereocenters. The molecule has 0 aromatic carbocycles. The van der Waals surface area contributed by atoms with Crippen molar-refractivity contribution in [3.63, 3.8) is 0 Å². The molecule has 0 aromatic heterocycles. The lowest BCUT2D eigenvalue weighted by atomic mass is 9.72. The molecular weight excluding hydrogens is 236 g/mol. The molecule has 0 radical (unpaired) electrons. The molecule has 3 heteroatoms. The predicted molar refractivity (Wildman–Crippen MR) is 82.6 cm³/mol. The van der Waals surface area contributed by atoms with Crippen molar-refractivity contribution in [2.45, 2.75) is 72.0 Å². The van der Waals surface area contributed by atoms with Crippen LogP contribution >= 0.6 is 0 Å². The minimum Gasteiger partial charge on any atom is -0.383 e. The van der Waals surface area contributed by atoms with Gasteiger partial charge in [-0.3, -0.25) is 4.90 Å². The van der Waals surface area contributed by atoms with E-state index in [2.05, 4.69) is 44.8 Å². The van der Waals surface area contributed by atoms with E-state index in [4.69, 9.17) is 4.74 Å². The maximum absolute atomic E-state index is 5.30. The molecule has 2 atom stereocenters. The maximum atomic E-state index is 5.30. The number of rotatable bonds is 7. The smallest absolute Gasteiger partial charge is 0.0589 e. The summed E-state index contributed by atoms with van der Waals surface area (Å²) in [7, 11) is 1.80. The van der Waals surface area contributed by atoms with Crippen molar-refractivity contribution < 1.29 is 4.74 Å². The molecule has 1 rings (SSSR count). The number of nitrogens with one attached hydrogen (secondary N) is 1. The zero-order valence-electron chi connectivity index (χ0n) is 13.8. The van der Waals surface area contributed by atoms with Crippen LogP contribution in [-0.2, 0) is 4.74 Å². The van der Waals surface area contributed by atoms with E-state index >= 15 is 0 Å². The number of hydrogen-bond acceptors (Lipinski definition) is 3. The third-order valence-electron chi connectivity index (χ3n) is 4.47. The van der Waals surface area contributed by atoms with Crippen LogP contribution in [0.5, 0.6) is 0 Å². The zero-order valence-corrected chi connectivity index (χ0v) is 13.8. The van der Waals surface area contributed by atoms with Gasteiger partial charge in [-0.15, -0.1) is 0 Å². The third-order valence-corrected chi connectivity index (χ3v) is 4.47. The SMILES string of the molecule is CCNC1CCC(C)(C)CC1N(CCOC)C(C)C. The second kappa shape index (κ2) is 7.61. The number of methoxy groups -OCH3 is 1. The third kappa shape index (κ3) is 5.05. The summed E-state index contributed by atoms with van der Waals surface area (Å²) in [5.74, 6) is 0. The van der Waals surface area contributed by atoms with E-state index in [-0.39, 0.29) is 0 Å². The topological polar surface area (TPSA) is 24.5 Å². The van der Waals surface area contributed by atoms with E-state index in [9.17, 15) is 0 Å². The van der Waals surface area contributed by atoms with Crippen LogP contribution in [0, 0.1) is 5.41 Å². The van der Waals surface area contributed by atoms with Crippen LogP contribution in [0.2, 0.25) is 0 Å². The first-order valence-corrected chi connectivity index (χ1v) is 7.89. The summed E-state index contributed by atoms with van der Waals surface area (Å²) in [4.78, 5) is 2.64. The Kier molecular flexibility index (Phi) is 6.78. The Morgan fingerprint density at radius 2 is 2.05 bits per heavy atom. The van der Waals surface area contributed by atoms with Gasteiger partial charge < -0.3 is 10.1 Å². The molecule has 0 aliphatic heterocycles. The van der Waals surface area contributed by atoms with Crippen LogP contribution in [0.3, 0.4) is 0 Å². The van der Waals surface area contributed by atoms with Gasteiger partial charge in [0.1, 0.15) is 0 Å². The van der Waals surface area contributed by atoms with Gasteiger partial charge in [0.25, 0.3) is 0 Å². The van der Waals surface area contributed by atoms with E-state index < -0.39 is 0 Å². The number of nitrogens with zero attached hydrogens (tertiary/aromatic N) is 1. The van der Waals surface area contributed by atoms with Gasteiger partial charge in [0.15, 0.2) is 0 Å². The first-order valence-electron chi connectivity index (χ1n) is 7.89. The van der Waals surface area contributed by atoms with Crippen LogP contribution < -0.4 is 5.32 Å². The van der Waals surface area contributed by atoms with E-state index in [1.54, 1.807) is 7.11 Å². The Morgan fingerprint density at radius 3 is 2.58 bits per heavy atom. The van der Waals surface area contributed by atoms with E-state index in [0.29, 0.717) is 23.5 Å². The standard InChI is InChI=1S/C16H34N2O/c1-7-17-14-8-9-16(4,5)12-15(14)18(13(2)3)10-11-19-6/h13-15,17H,7-12H2,1-6H3. The quantitative estimate of drug-likeness (QED) is 0.770. The summed E-state index contributed by atoms with van der Waals surface area (Å²) in [5.41, 5.74) is 0.469. The molecule has 0 saturated heterocycles. The van der Waals surface area contributed by atoms with Gasteiger partial charge in [-0.1, -0.05) is 20.8 Å². The van der Waals surface area contributed by atoms with Crippen LogP contribution in [0.25, 0.3) is 0 Å². The summed E-state index contributed by atoms with van der Waals surface area (Å²) in [6, 6.07) is 1.85. The van der Waals surface area contributed by atoms with Crippen LogP contribution in [0.15, 0.2) is 0 Å². The minimum atomic E-state index is 0.469. The Balaban J connectivity index is 2.79. The van der Waals surface area contributed by atoms with E-state index in [1.807, 2.05) is 0 Å². The highest BCUT2D eigenvalue weighted by atomic mass is 16.5. The summed E-state index contributed by atoms with van der Waals surface area (Å²) < 4.78 is 5.30. The van der Waals surface area contributed by atoms with Gasteiger partial charge in [-0.05, 0) is 45.1 Å². The summed E-state index contributed by atoms with van der Waals surface area (Å²) >= 11 is 0. The second-order valence-electron chi connectivity index (χ2n) is 6.96. The van der Waals surface area contributed by atoms with Crippen molar-refractivity contribution in [2.24, 2.45) is 5.41 Å². The number of likely N-dealkylation sites (N-methyl/N-ethyl adjacent to an activating group) is 1. The average Bonchev–Trinajstić information content (AvgIpc) is 2.32. The molecule has 1 fully saturated rings. The molecule has 0 spiro atoms. The van der Waals surface area contributed by atoms with Crippen LogP contribution in [0.1, 0.15) is 53.9 Å². The van der Waals surface area contributed by atoms with Crippen molar-refractivity contribution in [1.29, 1.82) is 0 Å². The van der Waals surface area contributed by atoms with E-state index in [1.165, 1.54) is 19.3 Å². The Labute approximate surface area is 120 Å². The molecule has 1 aliphatic carbocycles. The Bertz CT molecular complexity index is 253. The average molecular weight is 270 g/mol. The van der Waals surface area contributed by atoms with Gasteiger partial charge in [0.05, 0.1) is 6.61 Å². The molecule has 0 amide bonds. The molecule has 0 aromatic rings. The number of hydrogen-bond donors (Lipinski definition) is 1. The van der Waals surface area contributed by atoms with Gasteiger partial charge >= 0.3 is 0 Å². The fourth-order valence-corrected chi connectivity index (χ4v) is 3.40. The van der Waals surface area contributed by atoms with Crippen molar-refractivity contribution >= 4 is 0 Å². The van der Waals surface area contributed by atoms with Crippen LogP contribution in [-0.4, -0.2) is 49.8 Å². The molecule has 19 heavy (non-hydrogen) atoms. The molecule has 114 valence electrons. The fourth-order valence-electron chi connectivity index (χ4n) is 3.40. The maximum Gasteiger partial charge on any atom is 0.0589 e. The molecular formula is C16H34N2O. The lowest BCUT2D eigenvalue weighted by Crippen LogP contribution is -2.57. The van der Waals surface area contributed by atoms with Crippen molar-refractivity contribution in [3.8, 4) is 0 Å². The van der Waals surface area contributed by atoms with Gasteiger partial charge in [0.2, 0.25) is 0 Å². The Morgan fingerprint density at radius 1 is 1.37 bits per heavy atom. The summed E-state index contributed by atoms with van der Waals surface area (Å²) in [6.45, 7) is 14.6. The van der Waals surface area contributed by atoms with Gasteiger partial charge in [-0.25, -0.2) is 0 Å². The van der Waals surface area contributed by atoms with E-state index in [0.717, 1.165) is 19.7 Å². The molecule has 1 saturated carbocycles. The predicted octanol–water partition coefficient (Wildman–Crippen LogP) is 2.90. The highest BCUT2D eigenvalue weighted by Crippen LogP contribution is 2.38. The normalized spacial score (nSPS) is 27.2. The first kappa shape index (κ1) is 16.9. The second-order valence-corrected chi connectivity index (χ2v) is 6.96. The van der Waals surface area contributed by atoms with Gasteiger partial charge in [0, 0.05) is 31.8 Å². The highest BCUT2D eigenvalue weighted by Gasteiger charge is 2.38. The van der Waals surface area contributed by atoms with Crippen molar-refractivity contribution in [2.75, 3.05) is 26.8 Å². The molecule has 0 heterocycles. The van der Waals surface area contributed by atoms with Gasteiger partial charge in [-0.2, -0.15) is 0 Å². The first-order chi connectivity index (χ1) is 8.91. The van der Waals surface area contributed by atoms with Crippen LogP contribution in [0.4, 0.5) is 0 Å². The monoisotopic (exact) mass is 270 g/mol. The van der Waals surface area contributed by atoms with Crippen molar-refractivity contribution in [3.05, 3.63) is 0 Å². The lowest BCUT2D eigenvalue weighted by molar-refractivity contribution is 0.0276. The largest absolute Gasteiger partial charge is 0.383 e.